The Balaban J connectivity index is 1.74. The van der Waals surface area contributed by atoms with Gasteiger partial charge in [-0.3, -0.25) is 4.79 Å². The molecule has 6 nitrogen and oxygen atoms in total. The van der Waals surface area contributed by atoms with Gasteiger partial charge >= 0.3 is 0 Å². The number of carbonyl (C=O) groups is 1. The molecule has 8 heteroatoms. The molecule has 0 aliphatic heterocycles. The molecule has 0 aliphatic rings. The van der Waals surface area contributed by atoms with Crippen molar-refractivity contribution < 1.29 is 17.6 Å². The maximum atomic E-state index is 13.2. The number of nitrogens with zero attached hydrogens (tertiary/aromatic N) is 1. The molecule has 1 aromatic heterocycles. The Morgan fingerprint density at radius 2 is 1.74 bits per heavy atom. The van der Waals surface area contributed by atoms with Crippen molar-refractivity contribution in [1.29, 1.82) is 0 Å². The third kappa shape index (κ3) is 5.48. The van der Waals surface area contributed by atoms with Crippen LogP contribution in [0.5, 0.6) is 0 Å². The van der Waals surface area contributed by atoms with Gasteiger partial charge in [0.1, 0.15) is 5.82 Å². The normalized spacial score (nSPS) is 11.3. The molecule has 0 aliphatic carbocycles. The Morgan fingerprint density at radius 1 is 1.10 bits per heavy atom. The molecule has 3 rings (SSSR count). The van der Waals surface area contributed by atoms with E-state index in [4.69, 9.17) is 0 Å². The average molecular weight is 442 g/mol. The highest BCUT2D eigenvalue weighted by Crippen LogP contribution is 2.22. The Labute approximate surface area is 181 Å². The highest BCUT2D eigenvalue weighted by molar-refractivity contribution is 7.88. The van der Waals surface area contributed by atoms with Crippen LogP contribution in [0.15, 0.2) is 67.3 Å². The van der Waals surface area contributed by atoms with Gasteiger partial charge in [-0.2, -0.15) is 0 Å². The third-order valence-electron chi connectivity index (χ3n) is 4.78. The minimum atomic E-state index is -3.45. The van der Waals surface area contributed by atoms with Crippen molar-refractivity contribution in [2.24, 2.45) is 0 Å². The van der Waals surface area contributed by atoms with Gasteiger partial charge in [0.25, 0.3) is 5.91 Å². The van der Waals surface area contributed by atoms with Gasteiger partial charge in [0.2, 0.25) is 10.0 Å². The summed E-state index contributed by atoms with van der Waals surface area (Å²) in [4.78, 5) is 12.8. The molecule has 3 aromatic rings. The van der Waals surface area contributed by atoms with Crippen molar-refractivity contribution in [3.8, 4) is 5.69 Å². The number of nitrogens with one attached hydrogen (secondary N) is 2. The zero-order chi connectivity index (χ0) is 22.6. The van der Waals surface area contributed by atoms with E-state index in [1.54, 1.807) is 42.5 Å². The van der Waals surface area contributed by atoms with Crippen molar-refractivity contribution in [2.75, 3.05) is 11.9 Å². The molecule has 0 bridgehead atoms. The second-order valence-corrected chi connectivity index (χ2v) is 8.95. The van der Waals surface area contributed by atoms with Gasteiger partial charge in [0.15, 0.2) is 0 Å². The first-order valence-corrected chi connectivity index (χ1v) is 11.3. The van der Waals surface area contributed by atoms with E-state index in [0.29, 0.717) is 16.8 Å². The predicted octanol–water partition coefficient (Wildman–Crippen LogP) is 4.09. The molecule has 0 saturated carbocycles. The largest absolute Gasteiger partial charge is 0.322 e. The first-order chi connectivity index (χ1) is 14.7. The van der Waals surface area contributed by atoms with Gasteiger partial charge in [0.05, 0.1) is 11.3 Å². The van der Waals surface area contributed by atoms with Crippen LogP contribution in [0.4, 0.5) is 10.1 Å². The first-order valence-electron chi connectivity index (χ1n) is 9.63. The molecule has 162 valence electrons. The number of anilines is 1. The van der Waals surface area contributed by atoms with Gasteiger partial charge in [-0.15, -0.1) is 6.58 Å². The quantitative estimate of drug-likeness (QED) is 0.517. The van der Waals surface area contributed by atoms with Crippen LogP contribution in [0.2, 0.25) is 0 Å². The topological polar surface area (TPSA) is 80.2 Å². The number of hydrogen-bond acceptors (Lipinski definition) is 3. The summed E-state index contributed by atoms with van der Waals surface area (Å²) in [7, 11) is -3.45. The van der Waals surface area contributed by atoms with Crippen LogP contribution < -0.4 is 10.0 Å². The number of sulfonamides is 1. The fourth-order valence-electron chi connectivity index (χ4n) is 3.32. The second kappa shape index (κ2) is 9.28. The summed E-state index contributed by atoms with van der Waals surface area (Å²) < 4.78 is 41.5. The number of benzene rings is 2. The van der Waals surface area contributed by atoms with Crippen LogP contribution in [0.1, 0.15) is 27.3 Å². The van der Waals surface area contributed by atoms with Crippen LogP contribution in [0.25, 0.3) is 5.69 Å². The number of hydrogen-bond donors (Lipinski definition) is 2. The van der Waals surface area contributed by atoms with Gasteiger partial charge in [-0.25, -0.2) is 17.5 Å². The lowest BCUT2D eigenvalue weighted by Gasteiger charge is -2.10. The molecule has 0 atom stereocenters. The number of halogens is 1. The van der Waals surface area contributed by atoms with E-state index < -0.39 is 10.0 Å². The lowest BCUT2D eigenvalue weighted by molar-refractivity contribution is 0.102. The van der Waals surface area contributed by atoms with Crippen LogP contribution in [-0.2, 0) is 15.8 Å². The smallest absolute Gasteiger partial charge is 0.257 e. The Kier molecular flexibility index (Phi) is 6.72. The van der Waals surface area contributed by atoms with Crippen LogP contribution >= 0.6 is 0 Å². The molecular formula is C23H24FN3O3S. The minimum absolute atomic E-state index is 0.159. The molecule has 1 heterocycles. The van der Waals surface area contributed by atoms with E-state index in [9.17, 15) is 17.6 Å². The standard InChI is InChI=1S/C23H24FN3O3S/c1-4-13-25-31(29,30)15-18-5-9-20(10-6-18)26-23(28)22-14-16(2)27(17(22)3)21-11-7-19(24)8-12-21/h4-12,14,25H,1,13,15H2,2-3H3,(H,26,28). The number of rotatable bonds is 8. The predicted molar refractivity (Wildman–Crippen MR) is 120 cm³/mol. The number of aromatic nitrogens is 1. The summed E-state index contributed by atoms with van der Waals surface area (Å²) in [6.07, 6.45) is 1.48. The Hall–Kier alpha value is -3.23. The van der Waals surface area contributed by atoms with E-state index in [-0.39, 0.29) is 24.0 Å². The van der Waals surface area contributed by atoms with E-state index in [1.165, 1.54) is 18.2 Å². The summed E-state index contributed by atoms with van der Waals surface area (Å²) in [5.74, 6) is -0.764. The van der Waals surface area contributed by atoms with Crippen molar-refractivity contribution in [3.63, 3.8) is 0 Å². The molecule has 0 spiro atoms. The average Bonchev–Trinajstić information content (AvgIpc) is 3.03. The van der Waals surface area contributed by atoms with Crippen molar-refractivity contribution in [1.82, 2.24) is 9.29 Å². The Morgan fingerprint density at radius 3 is 2.35 bits per heavy atom. The molecule has 1 amide bonds. The van der Waals surface area contributed by atoms with E-state index >= 15 is 0 Å². The lowest BCUT2D eigenvalue weighted by Crippen LogP contribution is -2.25. The van der Waals surface area contributed by atoms with E-state index in [0.717, 1.165) is 17.1 Å². The summed E-state index contributed by atoms with van der Waals surface area (Å²) in [5.41, 5.74) is 4.01. The monoisotopic (exact) mass is 441 g/mol. The van der Waals surface area contributed by atoms with Crippen molar-refractivity contribution >= 4 is 21.6 Å². The summed E-state index contributed by atoms with van der Waals surface area (Å²) >= 11 is 0. The zero-order valence-electron chi connectivity index (χ0n) is 17.4. The minimum Gasteiger partial charge on any atom is -0.322 e. The second-order valence-electron chi connectivity index (χ2n) is 7.14. The molecule has 0 unspecified atom stereocenters. The van der Waals surface area contributed by atoms with Crippen LogP contribution in [-0.4, -0.2) is 25.4 Å². The highest BCUT2D eigenvalue weighted by atomic mass is 32.2. The maximum absolute atomic E-state index is 13.2. The molecular weight excluding hydrogens is 417 g/mol. The van der Waals surface area contributed by atoms with Crippen molar-refractivity contribution in [3.05, 3.63) is 95.6 Å². The van der Waals surface area contributed by atoms with Gasteiger partial charge < -0.3 is 9.88 Å². The molecule has 0 saturated heterocycles. The highest BCUT2D eigenvalue weighted by Gasteiger charge is 2.17. The zero-order valence-corrected chi connectivity index (χ0v) is 18.2. The molecule has 31 heavy (non-hydrogen) atoms. The van der Waals surface area contributed by atoms with E-state index in [1.807, 2.05) is 18.4 Å². The van der Waals surface area contributed by atoms with Gasteiger partial charge in [-0.05, 0) is 61.9 Å². The maximum Gasteiger partial charge on any atom is 0.257 e. The lowest BCUT2D eigenvalue weighted by atomic mass is 10.2. The number of carbonyl (C=O) groups excluding carboxylic acids is 1. The SMILES string of the molecule is C=CCNS(=O)(=O)Cc1ccc(NC(=O)c2cc(C)n(-c3ccc(F)cc3)c2C)cc1. The number of amides is 1. The molecule has 2 N–H and O–H groups in total. The summed E-state index contributed by atoms with van der Waals surface area (Å²) in [6, 6.07) is 14.5. The fourth-order valence-corrected chi connectivity index (χ4v) is 4.42. The number of aryl methyl sites for hydroxylation is 1. The third-order valence-corrected chi connectivity index (χ3v) is 6.10. The van der Waals surface area contributed by atoms with Crippen molar-refractivity contribution in [2.45, 2.75) is 19.6 Å². The molecule has 0 radical (unpaired) electrons. The summed E-state index contributed by atoms with van der Waals surface area (Å²) in [5, 5.41) is 2.83. The van der Waals surface area contributed by atoms with Gasteiger partial charge in [0, 0.05) is 29.3 Å². The summed E-state index contributed by atoms with van der Waals surface area (Å²) in [6.45, 7) is 7.36. The molecule has 0 fully saturated rings. The fraction of sp³-hybridized carbons (Fsp3) is 0.174. The van der Waals surface area contributed by atoms with Gasteiger partial charge in [-0.1, -0.05) is 18.2 Å². The Bertz CT molecular complexity index is 1200. The molecule has 2 aromatic carbocycles. The van der Waals surface area contributed by atoms with E-state index in [2.05, 4.69) is 16.6 Å². The van der Waals surface area contributed by atoms with Crippen LogP contribution in [0.3, 0.4) is 0 Å². The van der Waals surface area contributed by atoms with Crippen LogP contribution in [0, 0.1) is 19.7 Å². The first kappa shape index (κ1) is 22.5.